The van der Waals surface area contributed by atoms with E-state index in [1.54, 1.807) is 0 Å². The molecule has 3 aliphatic rings. The number of pyridine rings is 1. The molecular formula is C17H22N4O. The third-order valence-electron chi connectivity index (χ3n) is 5.54. The van der Waals surface area contributed by atoms with Gasteiger partial charge in [0.25, 0.3) is 0 Å². The maximum Gasteiger partial charge on any atom is 0.0698 e. The number of rotatable bonds is 2. The van der Waals surface area contributed by atoms with E-state index >= 15 is 0 Å². The van der Waals surface area contributed by atoms with Crippen LogP contribution in [0, 0.1) is 5.41 Å². The van der Waals surface area contributed by atoms with Gasteiger partial charge >= 0.3 is 0 Å². The summed E-state index contributed by atoms with van der Waals surface area (Å²) in [7, 11) is 0. The highest BCUT2D eigenvalue weighted by Gasteiger charge is 2.49. The maximum absolute atomic E-state index is 5.36. The number of ether oxygens (including phenoxy) is 1. The standard InChI is InChI=1S/C17H22N4O/c1-2-16-15(13-3-5-18-6-4-13)7-19-21(16)8-14(1)20-9-17(10-20)11-22-12-17/h1-2,7-8,13,18H,3-6,9-12H2. The number of piperidine rings is 1. The van der Waals surface area contributed by atoms with Gasteiger partial charge in [-0.05, 0) is 44.0 Å². The summed E-state index contributed by atoms with van der Waals surface area (Å²) < 4.78 is 7.42. The lowest BCUT2D eigenvalue weighted by atomic mass is 9.78. The Bertz CT molecular complexity index is 692. The Labute approximate surface area is 130 Å². The first-order valence-corrected chi connectivity index (χ1v) is 8.34. The van der Waals surface area contributed by atoms with Crippen molar-refractivity contribution in [2.24, 2.45) is 5.41 Å². The third kappa shape index (κ3) is 1.88. The van der Waals surface area contributed by atoms with Gasteiger partial charge in [0.05, 0.1) is 42.2 Å². The largest absolute Gasteiger partial charge is 0.380 e. The zero-order valence-electron chi connectivity index (χ0n) is 12.8. The van der Waals surface area contributed by atoms with Crippen LogP contribution < -0.4 is 10.2 Å². The molecule has 3 saturated heterocycles. The highest BCUT2D eigenvalue weighted by Crippen LogP contribution is 2.40. The second kappa shape index (κ2) is 4.70. The Morgan fingerprint density at radius 3 is 2.73 bits per heavy atom. The Hall–Kier alpha value is -1.59. The summed E-state index contributed by atoms with van der Waals surface area (Å²) in [4.78, 5) is 2.44. The normalized spacial score (nSPS) is 24.5. The van der Waals surface area contributed by atoms with Crippen LogP contribution in [0.4, 0.5) is 5.69 Å². The van der Waals surface area contributed by atoms with Crippen LogP contribution in [0.3, 0.4) is 0 Å². The molecule has 116 valence electrons. The van der Waals surface area contributed by atoms with Crippen molar-refractivity contribution in [3.05, 3.63) is 30.1 Å². The van der Waals surface area contributed by atoms with Gasteiger partial charge in [0.1, 0.15) is 0 Å². The smallest absolute Gasteiger partial charge is 0.0698 e. The van der Waals surface area contributed by atoms with Crippen molar-refractivity contribution in [1.29, 1.82) is 0 Å². The van der Waals surface area contributed by atoms with Crippen molar-refractivity contribution < 1.29 is 4.74 Å². The van der Waals surface area contributed by atoms with E-state index in [0.717, 1.165) is 39.4 Å². The van der Waals surface area contributed by atoms with Crippen LogP contribution in [-0.4, -0.2) is 49.0 Å². The fourth-order valence-corrected chi connectivity index (χ4v) is 4.15. The molecule has 3 aliphatic heterocycles. The molecule has 0 bridgehead atoms. The molecule has 5 heteroatoms. The molecular weight excluding hydrogens is 276 g/mol. The van der Waals surface area contributed by atoms with Gasteiger partial charge in [-0.15, -0.1) is 0 Å². The van der Waals surface area contributed by atoms with Crippen LogP contribution in [0.25, 0.3) is 5.52 Å². The molecule has 2 aromatic heterocycles. The topological polar surface area (TPSA) is 41.8 Å². The van der Waals surface area contributed by atoms with Gasteiger partial charge < -0.3 is 15.0 Å². The van der Waals surface area contributed by atoms with Gasteiger partial charge in [-0.3, -0.25) is 0 Å². The predicted octanol–water partition coefficient (Wildman–Crippen LogP) is 1.64. The number of aromatic nitrogens is 2. The first kappa shape index (κ1) is 12.9. The quantitative estimate of drug-likeness (QED) is 0.915. The van der Waals surface area contributed by atoms with Gasteiger partial charge in [0.2, 0.25) is 0 Å². The van der Waals surface area contributed by atoms with E-state index in [9.17, 15) is 0 Å². The van der Waals surface area contributed by atoms with Crippen LogP contribution in [0.1, 0.15) is 24.3 Å². The van der Waals surface area contributed by atoms with E-state index in [1.165, 1.54) is 29.6 Å². The summed E-state index contributed by atoms with van der Waals surface area (Å²) >= 11 is 0. The van der Waals surface area contributed by atoms with Gasteiger partial charge in [0.15, 0.2) is 0 Å². The lowest BCUT2D eigenvalue weighted by molar-refractivity contribution is -0.127. The molecule has 0 saturated carbocycles. The fraction of sp³-hybridized carbons (Fsp3) is 0.588. The van der Waals surface area contributed by atoms with Gasteiger partial charge in [-0.1, -0.05) is 0 Å². The minimum Gasteiger partial charge on any atom is -0.380 e. The summed E-state index contributed by atoms with van der Waals surface area (Å²) in [6.07, 6.45) is 6.70. The second-order valence-corrected chi connectivity index (χ2v) is 7.19. The summed E-state index contributed by atoms with van der Waals surface area (Å²) in [5, 5.41) is 8.05. The van der Waals surface area contributed by atoms with E-state index in [4.69, 9.17) is 4.74 Å². The van der Waals surface area contributed by atoms with E-state index in [1.807, 2.05) is 0 Å². The SMILES string of the molecule is c1cc2c(C3CCNCC3)cnn2cc1N1CC2(COC2)C1. The van der Waals surface area contributed by atoms with Gasteiger partial charge in [-0.25, -0.2) is 4.52 Å². The van der Waals surface area contributed by atoms with E-state index < -0.39 is 0 Å². The highest BCUT2D eigenvalue weighted by atomic mass is 16.5. The molecule has 0 radical (unpaired) electrons. The molecule has 0 atom stereocenters. The number of nitrogens with one attached hydrogen (secondary N) is 1. The molecule has 5 nitrogen and oxygen atoms in total. The van der Waals surface area contributed by atoms with Crippen LogP contribution in [0.2, 0.25) is 0 Å². The average Bonchev–Trinajstić information content (AvgIpc) is 2.88. The molecule has 1 spiro atoms. The number of anilines is 1. The van der Waals surface area contributed by atoms with E-state index in [-0.39, 0.29) is 0 Å². The molecule has 0 unspecified atom stereocenters. The zero-order chi connectivity index (χ0) is 14.6. The molecule has 0 aliphatic carbocycles. The van der Waals surface area contributed by atoms with Crippen LogP contribution in [0.5, 0.6) is 0 Å². The highest BCUT2D eigenvalue weighted by molar-refractivity contribution is 5.61. The van der Waals surface area contributed by atoms with Crippen molar-refractivity contribution in [1.82, 2.24) is 14.9 Å². The lowest BCUT2D eigenvalue weighted by Gasteiger charge is -2.55. The maximum atomic E-state index is 5.36. The lowest BCUT2D eigenvalue weighted by Crippen LogP contribution is -2.66. The fourth-order valence-electron chi connectivity index (χ4n) is 4.15. The molecule has 5 rings (SSSR count). The molecule has 0 aromatic carbocycles. The average molecular weight is 298 g/mol. The van der Waals surface area contributed by atoms with Gasteiger partial charge in [-0.2, -0.15) is 5.10 Å². The molecule has 3 fully saturated rings. The first-order valence-electron chi connectivity index (χ1n) is 8.34. The van der Waals surface area contributed by atoms with Crippen molar-refractivity contribution in [2.75, 3.05) is 44.3 Å². The van der Waals surface area contributed by atoms with E-state index in [2.05, 4.69) is 44.4 Å². The number of nitrogens with zero attached hydrogens (tertiary/aromatic N) is 3. The number of hydrogen-bond donors (Lipinski definition) is 1. The summed E-state index contributed by atoms with van der Waals surface area (Å²) in [5.74, 6) is 0.656. The van der Waals surface area contributed by atoms with Crippen LogP contribution in [0.15, 0.2) is 24.5 Å². The predicted molar refractivity (Wildman–Crippen MR) is 85.5 cm³/mol. The zero-order valence-corrected chi connectivity index (χ0v) is 12.8. The van der Waals surface area contributed by atoms with Crippen molar-refractivity contribution in [3.8, 4) is 0 Å². The molecule has 22 heavy (non-hydrogen) atoms. The Balaban J connectivity index is 1.40. The summed E-state index contributed by atoms with van der Waals surface area (Å²) in [5.41, 5.74) is 4.43. The molecule has 2 aromatic rings. The summed E-state index contributed by atoms with van der Waals surface area (Å²) in [6, 6.07) is 4.51. The minimum absolute atomic E-state index is 0.458. The molecule has 0 amide bonds. The number of fused-ring (bicyclic) bond motifs is 1. The Morgan fingerprint density at radius 1 is 1.18 bits per heavy atom. The number of hydrogen-bond acceptors (Lipinski definition) is 4. The third-order valence-corrected chi connectivity index (χ3v) is 5.54. The second-order valence-electron chi connectivity index (χ2n) is 7.19. The van der Waals surface area contributed by atoms with E-state index in [0.29, 0.717) is 11.3 Å². The molecule has 1 N–H and O–H groups in total. The van der Waals surface area contributed by atoms with Crippen molar-refractivity contribution >= 4 is 11.2 Å². The Kier molecular flexibility index (Phi) is 2.76. The van der Waals surface area contributed by atoms with Crippen molar-refractivity contribution in [2.45, 2.75) is 18.8 Å². The van der Waals surface area contributed by atoms with Crippen LogP contribution in [-0.2, 0) is 4.74 Å². The van der Waals surface area contributed by atoms with Gasteiger partial charge in [0, 0.05) is 18.7 Å². The summed E-state index contributed by atoms with van der Waals surface area (Å²) in [6.45, 7) is 6.37. The first-order chi connectivity index (χ1) is 10.8. The minimum atomic E-state index is 0.458. The Morgan fingerprint density at radius 2 is 2.00 bits per heavy atom. The van der Waals surface area contributed by atoms with Crippen LogP contribution >= 0.6 is 0 Å². The molecule has 5 heterocycles. The monoisotopic (exact) mass is 298 g/mol. The van der Waals surface area contributed by atoms with Crippen molar-refractivity contribution in [3.63, 3.8) is 0 Å².